The fourth-order valence-electron chi connectivity index (χ4n) is 1.93. The second-order valence-electron chi connectivity index (χ2n) is 4.74. The maximum atomic E-state index is 11.7. The molecule has 1 rings (SSSR count). The lowest BCUT2D eigenvalue weighted by Gasteiger charge is -2.30. The molecule has 0 aromatic carbocycles. The van der Waals surface area contributed by atoms with Crippen LogP contribution in [0.2, 0.25) is 0 Å². The Hall–Kier alpha value is -1.10. The van der Waals surface area contributed by atoms with Crippen LogP contribution in [0.3, 0.4) is 0 Å². The lowest BCUT2D eigenvalue weighted by atomic mass is 9.99. The number of piperidine rings is 1. The van der Waals surface area contributed by atoms with Crippen molar-refractivity contribution in [3.63, 3.8) is 0 Å². The van der Waals surface area contributed by atoms with E-state index in [1.807, 2.05) is 4.90 Å². The first-order chi connectivity index (χ1) is 8.09. The van der Waals surface area contributed by atoms with Crippen molar-refractivity contribution in [3.8, 4) is 0 Å². The van der Waals surface area contributed by atoms with E-state index in [0.717, 1.165) is 31.8 Å². The maximum absolute atomic E-state index is 11.7. The number of aliphatic carboxylic acids is 1. The summed E-state index contributed by atoms with van der Waals surface area (Å²) in [6, 6.07) is 0. The lowest BCUT2D eigenvalue weighted by Crippen LogP contribution is -2.42. The summed E-state index contributed by atoms with van der Waals surface area (Å²) in [4.78, 5) is 23.9. The smallest absolute Gasteiger partial charge is 0.303 e. The zero-order valence-electron chi connectivity index (χ0n) is 10.4. The average Bonchev–Trinajstić information content (AvgIpc) is 2.29. The van der Waals surface area contributed by atoms with Crippen LogP contribution in [0.4, 0.5) is 0 Å². The molecular formula is C12H22N2O3. The van der Waals surface area contributed by atoms with Gasteiger partial charge in [-0.1, -0.05) is 6.92 Å². The van der Waals surface area contributed by atoms with E-state index in [1.54, 1.807) is 0 Å². The highest BCUT2D eigenvalue weighted by atomic mass is 16.4. The highest BCUT2D eigenvalue weighted by molar-refractivity contribution is 5.78. The van der Waals surface area contributed by atoms with Gasteiger partial charge >= 0.3 is 5.97 Å². The summed E-state index contributed by atoms with van der Waals surface area (Å²) in [6.07, 6.45) is 2.90. The summed E-state index contributed by atoms with van der Waals surface area (Å²) in [6.45, 7) is 4.84. The van der Waals surface area contributed by atoms with Crippen molar-refractivity contribution in [3.05, 3.63) is 0 Å². The Morgan fingerprint density at radius 3 is 2.59 bits per heavy atom. The highest BCUT2D eigenvalue weighted by Gasteiger charge is 2.19. The molecule has 1 amide bonds. The molecule has 0 atom stereocenters. The number of hydrogen-bond donors (Lipinski definition) is 2. The third-order valence-electron chi connectivity index (χ3n) is 3.16. The molecule has 0 aromatic rings. The van der Waals surface area contributed by atoms with Crippen LogP contribution in [-0.4, -0.2) is 48.1 Å². The number of nitrogens with one attached hydrogen (secondary N) is 1. The van der Waals surface area contributed by atoms with Gasteiger partial charge in [-0.3, -0.25) is 9.59 Å². The fourth-order valence-corrected chi connectivity index (χ4v) is 1.93. The molecule has 1 aliphatic rings. The molecule has 0 spiro atoms. The molecule has 5 heteroatoms. The van der Waals surface area contributed by atoms with Crippen molar-refractivity contribution in [2.75, 3.05) is 26.2 Å². The van der Waals surface area contributed by atoms with Crippen LogP contribution in [0, 0.1) is 5.92 Å². The van der Waals surface area contributed by atoms with E-state index in [-0.39, 0.29) is 12.3 Å². The largest absolute Gasteiger partial charge is 0.481 e. The minimum Gasteiger partial charge on any atom is -0.481 e. The third kappa shape index (κ3) is 5.68. The minimum absolute atomic E-state index is 0.132. The number of carboxylic acids is 1. The second kappa shape index (κ2) is 7.27. The quantitative estimate of drug-likeness (QED) is 0.673. The number of nitrogens with zero attached hydrogens (tertiary/aromatic N) is 1. The Bertz CT molecular complexity index is 260. The lowest BCUT2D eigenvalue weighted by molar-refractivity contribution is -0.137. The van der Waals surface area contributed by atoms with Crippen LogP contribution in [0.25, 0.3) is 0 Å². The average molecular weight is 242 g/mol. The van der Waals surface area contributed by atoms with E-state index in [4.69, 9.17) is 5.11 Å². The van der Waals surface area contributed by atoms with Crippen molar-refractivity contribution in [1.29, 1.82) is 0 Å². The summed E-state index contributed by atoms with van der Waals surface area (Å²) >= 11 is 0. The van der Waals surface area contributed by atoms with E-state index in [2.05, 4.69) is 12.2 Å². The predicted octanol–water partition coefficient (Wildman–Crippen LogP) is 0.699. The number of hydrogen-bond acceptors (Lipinski definition) is 3. The normalized spacial score (nSPS) is 17.1. The molecular weight excluding hydrogens is 220 g/mol. The van der Waals surface area contributed by atoms with Crippen molar-refractivity contribution in [1.82, 2.24) is 10.2 Å². The Kier molecular flexibility index (Phi) is 5.97. The summed E-state index contributed by atoms with van der Waals surface area (Å²) in [7, 11) is 0. The predicted molar refractivity (Wildman–Crippen MR) is 64.7 cm³/mol. The van der Waals surface area contributed by atoms with E-state index in [1.165, 1.54) is 0 Å². The zero-order chi connectivity index (χ0) is 12.7. The van der Waals surface area contributed by atoms with E-state index in [0.29, 0.717) is 19.5 Å². The number of carbonyl (C=O) groups is 2. The van der Waals surface area contributed by atoms with Gasteiger partial charge in [0.2, 0.25) is 5.91 Å². The van der Waals surface area contributed by atoms with Gasteiger partial charge in [-0.2, -0.15) is 0 Å². The standard InChI is InChI=1S/C12H22N2O3/c1-10-4-7-14(8-5-10)11(15)9-13-6-2-3-12(16)17/h10,13H,2-9H2,1H3,(H,16,17). The number of carboxylic acid groups (broad SMARTS) is 1. The van der Waals surface area contributed by atoms with Gasteiger partial charge in [-0.15, -0.1) is 0 Å². The van der Waals surface area contributed by atoms with Crippen LogP contribution >= 0.6 is 0 Å². The first-order valence-corrected chi connectivity index (χ1v) is 6.30. The second-order valence-corrected chi connectivity index (χ2v) is 4.74. The van der Waals surface area contributed by atoms with Crippen molar-refractivity contribution < 1.29 is 14.7 Å². The van der Waals surface area contributed by atoms with Gasteiger partial charge < -0.3 is 15.3 Å². The molecule has 0 unspecified atom stereocenters. The molecule has 1 fully saturated rings. The Labute approximate surface area is 102 Å². The first-order valence-electron chi connectivity index (χ1n) is 6.30. The van der Waals surface area contributed by atoms with E-state index >= 15 is 0 Å². The van der Waals surface area contributed by atoms with Crippen molar-refractivity contribution >= 4 is 11.9 Å². The van der Waals surface area contributed by atoms with E-state index in [9.17, 15) is 9.59 Å². The summed E-state index contributed by atoms with van der Waals surface area (Å²) in [5, 5.41) is 11.4. The molecule has 0 bridgehead atoms. The van der Waals surface area contributed by atoms with Gasteiger partial charge in [-0.25, -0.2) is 0 Å². The van der Waals surface area contributed by atoms with Gasteiger partial charge in [0, 0.05) is 19.5 Å². The van der Waals surface area contributed by atoms with Gasteiger partial charge in [0.15, 0.2) is 0 Å². The van der Waals surface area contributed by atoms with Crippen LogP contribution in [0.15, 0.2) is 0 Å². The molecule has 0 saturated carbocycles. The zero-order valence-corrected chi connectivity index (χ0v) is 10.4. The summed E-state index contributed by atoms with van der Waals surface area (Å²) in [5.74, 6) is 0.0675. The maximum Gasteiger partial charge on any atom is 0.303 e. The highest BCUT2D eigenvalue weighted by Crippen LogP contribution is 2.15. The molecule has 5 nitrogen and oxygen atoms in total. The van der Waals surface area contributed by atoms with Gasteiger partial charge in [0.1, 0.15) is 0 Å². The molecule has 0 radical (unpaired) electrons. The third-order valence-corrected chi connectivity index (χ3v) is 3.16. The molecule has 0 aromatic heterocycles. The van der Waals surface area contributed by atoms with Gasteiger partial charge in [-0.05, 0) is 31.7 Å². The Morgan fingerprint density at radius 2 is 2.00 bits per heavy atom. The minimum atomic E-state index is -0.789. The topological polar surface area (TPSA) is 69.6 Å². The fraction of sp³-hybridized carbons (Fsp3) is 0.833. The molecule has 17 heavy (non-hydrogen) atoms. The van der Waals surface area contributed by atoms with Crippen molar-refractivity contribution in [2.45, 2.75) is 32.6 Å². The molecule has 2 N–H and O–H groups in total. The number of carbonyl (C=O) groups excluding carboxylic acids is 1. The molecule has 1 saturated heterocycles. The first kappa shape index (κ1) is 14.0. The van der Waals surface area contributed by atoms with Crippen LogP contribution in [-0.2, 0) is 9.59 Å². The van der Waals surface area contributed by atoms with Gasteiger partial charge in [0.25, 0.3) is 0 Å². The van der Waals surface area contributed by atoms with Gasteiger partial charge in [0.05, 0.1) is 6.54 Å². The summed E-state index contributed by atoms with van der Waals surface area (Å²) < 4.78 is 0. The number of rotatable bonds is 6. The van der Waals surface area contributed by atoms with Crippen LogP contribution in [0.1, 0.15) is 32.6 Å². The molecule has 0 aliphatic carbocycles. The van der Waals surface area contributed by atoms with Crippen LogP contribution in [0.5, 0.6) is 0 Å². The Balaban J connectivity index is 2.06. The number of likely N-dealkylation sites (tertiary alicyclic amines) is 1. The number of amides is 1. The van der Waals surface area contributed by atoms with Crippen molar-refractivity contribution in [2.24, 2.45) is 5.92 Å². The summed E-state index contributed by atoms with van der Waals surface area (Å²) in [5.41, 5.74) is 0. The van der Waals surface area contributed by atoms with Crippen LogP contribution < -0.4 is 5.32 Å². The SMILES string of the molecule is CC1CCN(C(=O)CNCCCC(=O)O)CC1. The monoisotopic (exact) mass is 242 g/mol. The Morgan fingerprint density at radius 1 is 1.35 bits per heavy atom. The molecule has 1 aliphatic heterocycles. The molecule has 98 valence electrons. The molecule has 1 heterocycles. The van der Waals surface area contributed by atoms with E-state index < -0.39 is 5.97 Å².